The summed E-state index contributed by atoms with van der Waals surface area (Å²) in [6, 6.07) is 12.7. The van der Waals surface area contributed by atoms with E-state index in [4.69, 9.17) is 10.1 Å². The Labute approximate surface area is 157 Å². The van der Waals surface area contributed by atoms with E-state index < -0.39 is 5.97 Å². The van der Waals surface area contributed by atoms with Gasteiger partial charge in [-0.05, 0) is 55.5 Å². The quantitative estimate of drug-likeness (QED) is 0.720. The molecule has 0 fully saturated rings. The van der Waals surface area contributed by atoms with Crippen molar-refractivity contribution in [2.24, 2.45) is 0 Å². The number of hydrogen-bond donors (Lipinski definition) is 1. The normalized spacial score (nSPS) is 14.0. The zero-order valence-electron chi connectivity index (χ0n) is 15.2. The molecule has 134 valence electrons. The Bertz CT molecular complexity index is 1120. The second-order valence-corrected chi connectivity index (χ2v) is 7.02. The molecule has 0 amide bonds. The van der Waals surface area contributed by atoms with Gasteiger partial charge in [-0.3, -0.25) is 0 Å². The summed E-state index contributed by atoms with van der Waals surface area (Å²) in [5.74, 6) is -1.04. The molecule has 27 heavy (non-hydrogen) atoms. The predicted molar refractivity (Wildman–Crippen MR) is 103 cm³/mol. The first-order valence-electron chi connectivity index (χ1n) is 8.89. The fraction of sp³-hybridized carbons (Fsp3) is 0.227. The molecule has 4 rings (SSSR count). The van der Waals surface area contributed by atoms with E-state index >= 15 is 0 Å². The van der Waals surface area contributed by atoms with Crippen LogP contribution in [0.3, 0.4) is 0 Å². The zero-order chi connectivity index (χ0) is 19.1. The first-order valence-corrected chi connectivity index (χ1v) is 8.89. The van der Waals surface area contributed by atoms with Crippen LogP contribution in [0.5, 0.6) is 0 Å². The first-order chi connectivity index (χ1) is 13.0. The average Bonchev–Trinajstić information content (AvgIpc) is 3.17. The summed E-state index contributed by atoms with van der Waals surface area (Å²) >= 11 is 0. The Kier molecular flexibility index (Phi) is 4.04. The second kappa shape index (κ2) is 6.40. The molecule has 1 N–H and O–H groups in total. The number of carboxylic acids is 1. The first kappa shape index (κ1) is 17.0. The van der Waals surface area contributed by atoms with Gasteiger partial charge in [0.2, 0.25) is 0 Å². The van der Waals surface area contributed by atoms with Crippen molar-refractivity contribution in [2.45, 2.75) is 32.7 Å². The monoisotopic (exact) mass is 357 g/mol. The molecule has 0 saturated carbocycles. The van der Waals surface area contributed by atoms with Crippen molar-refractivity contribution in [1.29, 1.82) is 5.26 Å². The molecule has 1 aromatic carbocycles. The van der Waals surface area contributed by atoms with Crippen LogP contribution in [0.1, 0.15) is 39.7 Å². The molecular weight excluding hydrogens is 338 g/mol. The predicted octanol–water partition coefficient (Wildman–Crippen LogP) is 3.96. The summed E-state index contributed by atoms with van der Waals surface area (Å²) in [4.78, 5) is 15.9. The summed E-state index contributed by atoms with van der Waals surface area (Å²) in [7, 11) is 0. The minimum Gasteiger partial charge on any atom is -0.478 e. The van der Waals surface area contributed by atoms with Crippen molar-refractivity contribution in [3.8, 4) is 6.07 Å². The van der Waals surface area contributed by atoms with E-state index in [0.717, 1.165) is 41.2 Å². The minimum absolute atomic E-state index is 0.106. The van der Waals surface area contributed by atoms with Crippen molar-refractivity contribution in [3.63, 3.8) is 0 Å². The highest BCUT2D eigenvalue weighted by Crippen LogP contribution is 2.37. The number of nitrogens with zero attached hydrogens (tertiary/aromatic N) is 3. The summed E-state index contributed by atoms with van der Waals surface area (Å²) < 4.78 is 2.06. The Morgan fingerprint density at radius 2 is 1.96 bits per heavy atom. The standard InChI is InChI=1S/C22H19N3O2/c1-13-9-14(2)24-22-21(13)18(12-23)19(7-8-20(26)27)25(22)17-10-15-5-3-4-6-16(15)11-17/h3-9,17H,10-11H2,1-2H3,(H,26,27). The van der Waals surface area contributed by atoms with Crippen molar-refractivity contribution >= 4 is 23.1 Å². The molecule has 5 heteroatoms. The van der Waals surface area contributed by atoms with E-state index in [2.05, 4.69) is 22.8 Å². The maximum atomic E-state index is 11.1. The van der Waals surface area contributed by atoms with E-state index in [9.17, 15) is 10.1 Å². The minimum atomic E-state index is -1.04. The third kappa shape index (κ3) is 2.80. The number of hydrogen-bond acceptors (Lipinski definition) is 3. The van der Waals surface area contributed by atoms with Gasteiger partial charge in [-0.2, -0.15) is 5.26 Å². The molecule has 1 aliphatic carbocycles. The maximum absolute atomic E-state index is 11.1. The fourth-order valence-electron chi connectivity index (χ4n) is 4.18. The highest BCUT2D eigenvalue weighted by atomic mass is 16.4. The summed E-state index contributed by atoms with van der Waals surface area (Å²) in [5, 5.41) is 19.8. The Morgan fingerprint density at radius 1 is 1.30 bits per heavy atom. The smallest absolute Gasteiger partial charge is 0.328 e. The third-order valence-electron chi connectivity index (χ3n) is 5.21. The van der Waals surface area contributed by atoms with Crippen molar-refractivity contribution < 1.29 is 9.90 Å². The van der Waals surface area contributed by atoms with Gasteiger partial charge in [0.1, 0.15) is 11.7 Å². The lowest BCUT2D eigenvalue weighted by atomic mass is 10.1. The van der Waals surface area contributed by atoms with E-state index in [1.807, 2.05) is 32.0 Å². The van der Waals surface area contributed by atoms with Crippen molar-refractivity contribution in [2.75, 3.05) is 0 Å². The molecule has 0 spiro atoms. The maximum Gasteiger partial charge on any atom is 0.328 e. The van der Waals surface area contributed by atoms with Crippen molar-refractivity contribution in [1.82, 2.24) is 9.55 Å². The second-order valence-electron chi connectivity index (χ2n) is 7.02. The lowest BCUT2D eigenvalue weighted by Crippen LogP contribution is -2.12. The summed E-state index contributed by atoms with van der Waals surface area (Å²) in [5.41, 5.74) is 6.31. The molecule has 2 heterocycles. The van der Waals surface area contributed by atoms with E-state index in [-0.39, 0.29) is 6.04 Å². The number of fused-ring (bicyclic) bond motifs is 2. The van der Waals surface area contributed by atoms with Gasteiger partial charge in [0, 0.05) is 23.2 Å². The number of rotatable bonds is 3. The molecule has 5 nitrogen and oxygen atoms in total. The molecule has 0 bridgehead atoms. The number of carbonyl (C=O) groups is 1. The van der Waals surface area contributed by atoms with Crippen molar-refractivity contribution in [3.05, 3.63) is 70.0 Å². The van der Waals surface area contributed by atoms with Gasteiger partial charge >= 0.3 is 5.97 Å². The lowest BCUT2D eigenvalue weighted by molar-refractivity contribution is -0.131. The number of aliphatic carboxylic acids is 1. The molecule has 0 atom stereocenters. The molecule has 1 aliphatic rings. The fourth-order valence-corrected chi connectivity index (χ4v) is 4.18. The molecular formula is C22H19N3O2. The summed E-state index contributed by atoms with van der Waals surface area (Å²) in [6.07, 6.45) is 4.30. The molecule has 0 unspecified atom stereocenters. The van der Waals surface area contributed by atoms with Gasteiger partial charge in [-0.15, -0.1) is 0 Å². The zero-order valence-corrected chi connectivity index (χ0v) is 15.2. The molecule has 0 saturated heterocycles. The number of benzene rings is 1. The lowest BCUT2D eigenvalue weighted by Gasteiger charge is -2.16. The van der Waals surface area contributed by atoms with Gasteiger partial charge in [-0.1, -0.05) is 24.3 Å². The molecule has 0 aliphatic heterocycles. The average molecular weight is 357 g/mol. The third-order valence-corrected chi connectivity index (χ3v) is 5.21. The molecule has 2 aromatic heterocycles. The summed E-state index contributed by atoms with van der Waals surface area (Å²) in [6.45, 7) is 3.91. The van der Waals surface area contributed by atoms with Crippen LogP contribution >= 0.6 is 0 Å². The number of carboxylic acid groups (broad SMARTS) is 1. The highest BCUT2D eigenvalue weighted by Gasteiger charge is 2.28. The van der Waals surface area contributed by atoms with Gasteiger partial charge in [0.15, 0.2) is 0 Å². The highest BCUT2D eigenvalue weighted by molar-refractivity contribution is 5.93. The van der Waals surface area contributed by atoms with Gasteiger partial charge < -0.3 is 9.67 Å². The van der Waals surface area contributed by atoms with Crippen LogP contribution in [0.25, 0.3) is 17.1 Å². The number of aryl methyl sites for hydroxylation is 2. The molecule has 3 aromatic rings. The van der Waals surface area contributed by atoms with Crippen LogP contribution in [-0.4, -0.2) is 20.6 Å². The number of aromatic nitrogens is 2. The Hall–Kier alpha value is -3.39. The van der Waals surface area contributed by atoms with Crippen LogP contribution in [0.15, 0.2) is 36.4 Å². The number of nitriles is 1. The van der Waals surface area contributed by atoms with Gasteiger partial charge in [-0.25, -0.2) is 9.78 Å². The van der Waals surface area contributed by atoms with E-state index in [0.29, 0.717) is 11.3 Å². The van der Waals surface area contributed by atoms with Gasteiger partial charge in [0.05, 0.1) is 11.3 Å². The van der Waals surface area contributed by atoms with Crippen LogP contribution in [-0.2, 0) is 17.6 Å². The van der Waals surface area contributed by atoms with Gasteiger partial charge in [0.25, 0.3) is 0 Å². The van der Waals surface area contributed by atoms with E-state index in [1.165, 1.54) is 17.2 Å². The van der Waals surface area contributed by atoms with Crippen LogP contribution in [0, 0.1) is 25.2 Å². The SMILES string of the molecule is Cc1cc(C)c2c(C#N)c(C=CC(=O)O)n(C3Cc4ccccc4C3)c2n1. The van der Waals surface area contributed by atoms with E-state index in [1.54, 1.807) is 0 Å². The topological polar surface area (TPSA) is 78.9 Å². The largest absolute Gasteiger partial charge is 0.478 e. The molecule has 0 radical (unpaired) electrons. The Balaban J connectivity index is 1.99. The Morgan fingerprint density at radius 3 is 2.56 bits per heavy atom. The number of pyridine rings is 1. The van der Waals surface area contributed by atoms with Crippen LogP contribution in [0.2, 0.25) is 0 Å². The van der Waals surface area contributed by atoms with Crippen LogP contribution < -0.4 is 0 Å². The van der Waals surface area contributed by atoms with Crippen LogP contribution in [0.4, 0.5) is 0 Å².